The van der Waals surface area contributed by atoms with Gasteiger partial charge in [0.05, 0.1) is 23.7 Å². The van der Waals surface area contributed by atoms with Crippen LogP contribution in [0.5, 0.6) is 5.75 Å². The van der Waals surface area contributed by atoms with Gasteiger partial charge in [0.25, 0.3) is 0 Å². The predicted molar refractivity (Wildman–Crippen MR) is 96.2 cm³/mol. The van der Waals surface area contributed by atoms with E-state index in [0.717, 1.165) is 5.56 Å². The van der Waals surface area contributed by atoms with E-state index < -0.39 is 19.9 Å². The normalized spacial score (nSPS) is 11.5. The first kappa shape index (κ1) is 21.1. The van der Waals surface area contributed by atoms with Gasteiger partial charge in [0.2, 0.25) is 9.04 Å². The smallest absolute Gasteiger partial charge is 0.344 e. The Bertz CT molecular complexity index is 624. The molecule has 0 saturated heterocycles. The SMILES string of the molecule is CCOC(=O)COc1cc(C(C)(C)C)cc(CO[Si](C)C)c1[N+](=O)[O-]. The monoisotopic (exact) mass is 368 g/mol. The summed E-state index contributed by atoms with van der Waals surface area (Å²) in [5, 5.41) is 11.6. The van der Waals surface area contributed by atoms with Crippen molar-refractivity contribution < 1.29 is 23.6 Å². The minimum Gasteiger partial charge on any atom is -0.475 e. The molecule has 0 aliphatic carbocycles. The molecule has 0 bridgehead atoms. The first-order chi connectivity index (χ1) is 11.6. The summed E-state index contributed by atoms with van der Waals surface area (Å²) in [6.45, 7) is 11.6. The highest BCUT2D eigenvalue weighted by atomic mass is 28.3. The molecular formula is C17H26NO6Si. The van der Waals surface area contributed by atoms with Crippen molar-refractivity contribution in [1.82, 2.24) is 0 Å². The molecule has 1 radical (unpaired) electrons. The molecule has 139 valence electrons. The number of rotatable bonds is 8. The van der Waals surface area contributed by atoms with Crippen LogP contribution in [0.3, 0.4) is 0 Å². The van der Waals surface area contributed by atoms with Crippen LogP contribution in [0.25, 0.3) is 0 Å². The molecule has 0 saturated carbocycles. The number of hydrogen-bond donors (Lipinski definition) is 0. The van der Waals surface area contributed by atoms with Gasteiger partial charge in [0.1, 0.15) is 0 Å². The summed E-state index contributed by atoms with van der Waals surface area (Å²) in [6.07, 6.45) is 0. The second-order valence-electron chi connectivity index (χ2n) is 6.78. The average Bonchev–Trinajstić information content (AvgIpc) is 2.49. The minimum atomic E-state index is -1.00. The van der Waals surface area contributed by atoms with Gasteiger partial charge in [-0.1, -0.05) is 20.8 Å². The second kappa shape index (κ2) is 8.96. The summed E-state index contributed by atoms with van der Waals surface area (Å²) in [5.41, 5.74) is 0.914. The van der Waals surface area contributed by atoms with E-state index in [1.165, 1.54) is 0 Å². The summed E-state index contributed by atoms with van der Waals surface area (Å²) in [4.78, 5) is 22.6. The quantitative estimate of drug-likeness (QED) is 0.301. The molecule has 0 N–H and O–H groups in total. The van der Waals surface area contributed by atoms with Crippen molar-refractivity contribution in [2.75, 3.05) is 13.2 Å². The fraction of sp³-hybridized carbons (Fsp3) is 0.588. The van der Waals surface area contributed by atoms with E-state index in [9.17, 15) is 14.9 Å². The lowest BCUT2D eigenvalue weighted by atomic mass is 9.85. The Morgan fingerprint density at radius 3 is 2.40 bits per heavy atom. The van der Waals surface area contributed by atoms with Crippen molar-refractivity contribution in [2.24, 2.45) is 0 Å². The van der Waals surface area contributed by atoms with Crippen LogP contribution in [-0.4, -0.2) is 33.1 Å². The van der Waals surface area contributed by atoms with Gasteiger partial charge < -0.3 is 13.9 Å². The van der Waals surface area contributed by atoms with Gasteiger partial charge in [0, 0.05) is 0 Å². The lowest BCUT2D eigenvalue weighted by molar-refractivity contribution is -0.386. The molecule has 0 aromatic heterocycles. The number of hydrogen-bond acceptors (Lipinski definition) is 6. The Morgan fingerprint density at radius 2 is 1.92 bits per heavy atom. The van der Waals surface area contributed by atoms with Gasteiger partial charge >= 0.3 is 11.7 Å². The zero-order chi connectivity index (χ0) is 19.2. The number of nitro groups is 1. The van der Waals surface area contributed by atoms with E-state index in [0.29, 0.717) is 5.56 Å². The summed E-state index contributed by atoms with van der Waals surface area (Å²) in [6, 6.07) is 3.39. The van der Waals surface area contributed by atoms with Crippen LogP contribution in [-0.2, 0) is 26.0 Å². The topological polar surface area (TPSA) is 87.9 Å². The van der Waals surface area contributed by atoms with Crippen molar-refractivity contribution in [1.29, 1.82) is 0 Å². The molecule has 0 amide bonds. The summed E-state index contributed by atoms with van der Waals surface area (Å²) in [7, 11) is -1.00. The molecule has 7 nitrogen and oxygen atoms in total. The highest BCUT2D eigenvalue weighted by Crippen LogP contribution is 2.37. The fourth-order valence-corrected chi connectivity index (χ4v) is 2.53. The number of esters is 1. The molecule has 0 aliphatic heterocycles. The molecule has 1 aromatic carbocycles. The van der Waals surface area contributed by atoms with Gasteiger partial charge in [0.15, 0.2) is 12.4 Å². The van der Waals surface area contributed by atoms with Gasteiger partial charge in [-0.2, -0.15) is 0 Å². The Morgan fingerprint density at radius 1 is 1.28 bits per heavy atom. The largest absolute Gasteiger partial charge is 0.475 e. The third-order valence-corrected chi connectivity index (χ3v) is 4.09. The lowest BCUT2D eigenvalue weighted by Crippen LogP contribution is -2.18. The molecule has 0 spiro atoms. The average molecular weight is 368 g/mol. The number of carbonyl (C=O) groups is 1. The second-order valence-corrected chi connectivity index (χ2v) is 8.89. The molecule has 0 aliphatic rings. The molecule has 0 unspecified atom stereocenters. The number of benzene rings is 1. The first-order valence-corrected chi connectivity index (χ1v) is 10.5. The van der Waals surface area contributed by atoms with Crippen molar-refractivity contribution in [3.05, 3.63) is 33.4 Å². The van der Waals surface area contributed by atoms with E-state index in [2.05, 4.69) is 0 Å². The zero-order valence-electron chi connectivity index (χ0n) is 15.7. The van der Waals surface area contributed by atoms with Gasteiger partial charge in [-0.15, -0.1) is 0 Å². The third kappa shape index (κ3) is 6.47. The Kier molecular flexibility index (Phi) is 7.56. The third-order valence-electron chi connectivity index (χ3n) is 3.37. The van der Waals surface area contributed by atoms with Crippen LogP contribution in [0.15, 0.2) is 12.1 Å². The maximum atomic E-state index is 11.6. The van der Waals surface area contributed by atoms with Crippen molar-refractivity contribution in [3.8, 4) is 5.75 Å². The number of carbonyl (C=O) groups excluding carboxylic acids is 1. The van der Waals surface area contributed by atoms with E-state index >= 15 is 0 Å². The molecular weight excluding hydrogens is 342 g/mol. The molecule has 0 fully saturated rings. The standard InChI is InChI=1S/C17H26NO6Si/c1-7-22-15(19)11-23-14-9-13(17(2,3)4)8-12(10-24-25(5)6)16(14)18(20)21/h8-9H,7,10-11H2,1-6H3. The van der Waals surface area contributed by atoms with Crippen LogP contribution >= 0.6 is 0 Å². The molecule has 0 atom stereocenters. The van der Waals surface area contributed by atoms with Crippen LogP contribution in [0.2, 0.25) is 13.1 Å². The highest BCUT2D eigenvalue weighted by Gasteiger charge is 2.27. The van der Waals surface area contributed by atoms with Crippen molar-refractivity contribution >= 4 is 20.7 Å². The summed E-state index contributed by atoms with van der Waals surface area (Å²) in [5.74, 6) is -0.506. The van der Waals surface area contributed by atoms with Crippen LogP contribution < -0.4 is 4.74 Å². The van der Waals surface area contributed by atoms with E-state index in [1.54, 1.807) is 19.1 Å². The highest BCUT2D eigenvalue weighted by molar-refractivity contribution is 6.48. The molecule has 25 heavy (non-hydrogen) atoms. The molecule has 0 heterocycles. The molecule has 1 rings (SSSR count). The Hall–Kier alpha value is -1.93. The maximum Gasteiger partial charge on any atom is 0.344 e. The van der Waals surface area contributed by atoms with Gasteiger partial charge in [-0.25, -0.2) is 4.79 Å². The lowest BCUT2D eigenvalue weighted by Gasteiger charge is -2.22. The van der Waals surface area contributed by atoms with E-state index in [4.69, 9.17) is 13.9 Å². The first-order valence-electron chi connectivity index (χ1n) is 8.09. The Labute approximate surface area is 150 Å². The van der Waals surface area contributed by atoms with E-state index in [-0.39, 0.29) is 36.7 Å². The van der Waals surface area contributed by atoms with Crippen molar-refractivity contribution in [3.63, 3.8) is 0 Å². The maximum absolute atomic E-state index is 11.6. The minimum absolute atomic E-state index is 0.0602. The Balaban J connectivity index is 3.31. The van der Waals surface area contributed by atoms with Crippen LogP contribution in [0.1, 0.15) is 38.8 Å². The summed E-state index contributed by atoms with van der Waals surface area (Å²) >= 11 is 0. The number of nitrogens with zero attached hydrogens (tertiary/aromatic N) is 1. The van der Waals surface area contributed by atoms with Crippen LogP contribution in [0, 0.1) is 10.1 Å². The number of ether oxygens (including phenoxy) is 2. The van der Waals surface area contributed by atoms with Crippen LogP contribution in [0.4, 0.5) is 5.69 Å². The predicted octanol–water partition coefficient (Wildman–Crippen LogP) is 3.60. The number of nitro benzene ring substituents is 1. The van der Waals surface area contributed by atoms with Gasteiger partial charge in [-0.3, -0.25) is 10.1 Å². The van der Waals surface area contributed by atoms with Gasteiger partial charge in [-0.05, 0) is 43.1 Å². The summed E-state index contributed by atoms with van der Waals surface area (Å²) < 4.78 is 15.9. The van der Waals surface area contributed by atoms with E-state index in [1.807, 2.05) is 33.9 Å². The molecule has 1 aromatic rings. The zero-order valence-corrected chi connectivity index (χ0v) is 16.7. The van der Waals surface area contributed by atoms with Crippen molar-refractivity contribution in [2.45, 2.75) is 52.8 Å². The fourth-order valence-electron chi connectivity index (χ4n) is 2.09. The molecule has 8 heteroatoms.